The minimum absolute atomic E-state index is 0.0749. The van der Waals surface area contributed by atoms with Crippen LogP contribution in [0.2, 0.25) is 0 Å². The summed E-state index contributed by atoms with van der Waals surface area (Å²) in [7, 11) is -2.03. The lowest BCUT2D eigenvalue weighted by Crippen LogP contribution is -2.49. The van der Waals surface area contributed by atoms with Crippen LogP contribution in [0.3, 0.4) is 0 Å². The van der Waals surface area contributed by atoms with Crippen molar-refractivity contribution in [3.05, 3.63) is 48.0 Å². The van der Waals surface area contributed by atoms with Crippen LogP contribution in [0.5, 0.6) is 17.2 Å². The molecule has 0 saturated carbocycles. The summed E-state index contributed by atoms with van der Waals surface area (Å²) in [4.78, 5) is 28.2. The van der Waals surface area contributed by atoms with Crippen LogP contribution in [0, 0.1) is 0 Å². The Kier molecular flexibility index (Phi) is 10.8. The SMILES string of the molecule is CCCCNC(=O)C(CC)N(Cc1ccc(OC)cc1)C(=O)CCCN(c1ccc2c(c1)OCO2)S(C)(=O)=O. The molecule has 0 aromatic heterocycles. The second-order valence-corrected chi connectivity index (χ2v) is 11.3. The highest BCUT2D eigenvalue weighted by Gasteiger charge is 2.29. The second-order valence-electron chi connectivity index (χ2n) is 9.41. The number of carbonyl (C=O) groups excluding carboxylic acids is 2. The molecule has 11 heteroatoms. The number of unbranched alkanes of at least 4 members (excludes halogenated alkanes) is 1. The summed E-state index contributed by atoms with van der Waals surface area (Å²) >= 11 is 0. The molecule has 1 aliphatic rings. The van der Waals surface area contributed by atoms with Gasteiger partial charge in [-0.1, -0.05) is 32.4 Å². The fraction of sp³-hybridized carbons (Fsp3) is 0.500. The van der Waals surface area contributed by atoms with Crippen LogP contribution in [-0.4, -0.2) is 64.4 Å². The van der Waals surface area contributed by atoms with Gasteiger partial charge in [0.25, 0.3) is 0 Å². The highest BCUT2D eigenvalue weighted by Crippen LogP contribution is 2.36. The zero-order chi connectivity index (χ0) is 28.4. The Balaban J connectivity index is 1.75. The van der Waals surface area contributed by atoms with Gasteiger partial charge in [-0.2, -0.15) is 0 Å². The van der Waals surface area contributed by atoms with E-state index in [0.717, 1.165) is 24.7 Å². The monoisotopic (exact) mass is 561 g/mol. The number of methoxy groups -OCH3 is 1. The van der Waals surface area contributed by atoms with Crippen molar-refractivity contribution in [3.8, 4) is 17.2 Å². The van der Waals surface area contributed by atoms with E-state index in [9.17, 15) is 18.0 Å². The molecule has 2 aromatic carbocycles. The molecule has 2 aromatic rings. The van der Waals surface area contributed by atoms with E-state index in [1.807, 2.05) is 38.1 Å². The number of rotatable bonds is 15. The molecule has 214 valence electrons. The lowest BCUT2D eigenvalue weighted by molar-refractivity contribution is -0.141. The number of ether oxygens (including phenoxy) is 3. The molecule has 1 unspecified atom stereocenters. The molecule has 1 heterocycles. The minimum atomic E-state index is -3.62. The number of anilines is 1. The maximum absolute atomic E-state index is 13.5. The zero-order valence-corrected chi connectivity index (χ0v) is 24.0. The Morgan fingerprint density at radius 2 is 1.77 bits per heavy atom. The molecule has 1 aliphatic heterocycles. The Bertz CT molecular complexity index is 1220. The van der Waals surface area contributed by atoms with Gasteiger partial charge >= 0.3 is 0 Å². The summed E-state index contributed by atoms with van der Waals surface area (Å²) in [5, 5.41) is 2.95. The molecule has 39 heavy (non-hydrogen) atoms. The van der Waals surface area contributed by atoms with E-state index in [1.54, 1.807) is 30.2 Å². The number of carbonyl (C=O) groups is 2. The lowest BCUT2D eigenvalue weighted by Gasteiger charge is -2.31. The highest BCUT2D eigenvalue weighted by molar-refractivity contribution is 7.92. The molecule has 2 amide bonds. The van der Waals surface area contributed by atoms with E-state index in [1.165, 1.54) is 4.31 Å². The third-order valence-corrected chi connectivity index (χ3v) is 7.72. The molecule has 0 aliphatic carbocycles. The molecular weight excluding hydrogens is 522 g/mol. The summed E-state index contributed by atoms with van der Waals surface area (Å²) in [5.41, 5.74) is 1.30. The van der Waals surface area contributed by atoms with Crippen LogP contribution in [0.15, 0.2) is 42.5 Å². The highest BCUT2D eigenvalue weighted by atomic mass is 32.2. The van der Waals surface area contributed by atoms with Gasteiger partial charge in [0.05, 0.1) is 19.1 Å². The van der Waals surface area contributed by atoms with Gasteiger partial charge in [0.15, 0.2) is 11.5 Å². The van der Waals surface area contributed by atoms with Crippen molar-refractivity contribution in [1.82, 2.24) is 10.2 Å². The summed E-state index contributed by atoms with van der Waals surface area (Å²) in [6, 6.07) is 11.7. The van der Waals surface area contributed by atoms with E-state index in [2.05, 4.69) is 5.32 Å². The third-order valence-electron chi connectivity index (χ3n) is 6.52. The Labute approximate surface area is 231 Å². The predicted octanol–water partition coefficient (Wildman–Crippen LogP) is 3.69. The van der Waals surface area contributed by atoms with E-state index in [4.69, 9.17) is 14.2 Å². The molecular formula is C28H39N3O7S. The van der Waals surface area contributed by atoms with E-state index >= 15 is 0 Å². The standard InChI is InChI=1S/C28H39N3O7S/c1-5-7-16-29-28(33)24(6-2)30(19-21-10-13-23(36-3)14-11-21)27(32)9-8-17-31(39(4,34)35)22-12-15-25-26(18-22)38-20-37-25/h10-15,18,24H,5-9,16-17,19-20H2,1-4H3,(H,29,33). The smallest absolute Gasteiger partial charge is 0.242 e. The van der Waals surface area contributed by atoms with E-state index in [-0.39, 0.29) is 44.5 Å². The third kappa shape index (κ3) is 8.26. The molecule has 10 nitrogen and oxygen atoms in total. The number of nitrogens with one attached hydrogen (secondary N) is 1. The zero-order valence-electron chi connectivity index (χ0n) is 23.1. The Morgan fingerprint density at radius 1 is 1.05 bits per heavy atom. The molecule has 0 spiro atoms. The largest absolute Gasteiger partial charge is 0.497 e. The van der Waals surface area contributed by atoms with E-state index in [0.29, 0.717) is 35.9 Å². The molecule has 1 atom stereocenters. The molecule has 1 N–H and O–H groups in total. The van der Waals surface area contributed by atoms with Crippen LogP contribution in [0.4, 0.5) is 5.69 Å². The number of sulfonamides is 1. The number of nitrogens with zero attached hydrogens (tertiary/aromatic N) is 2. The van der Waals surface area contributed by atoms with Crippen LogP contribution >= 0.6 is 0 Å². The van der Waals surface area contributed by atoms with Gasteiger partial charge in [0.1, 0.15) is 11.8 Å². The topological polar surface area (TPSA) is 114 Å². The summed E-state index contributed by atoms with van der Waals surface area (Å²) in [6.45, 7) is 4.91. The summed E-state index contributed by atoms with van der Waals surface area (Å²) < 4.78 is 42.4. The van der Waals surface area contributed by atoms with Gasteiger partial charge in [-0.15, -0.1) is 0 Å². The minimum Gasteiger partial charge on any atom is -0.497 e. The lowest BCUT2D eigenvalue weighted by atomic mass is 10.1. The average Bonchev–Trinajstić information content (AvgIpc) is 3.38. The van der Waals surface area contributed by atoms with Crippen LogP contribution in [-0.2, 0) is 26.2 Å². The van der Waals surface area contributed by atoms with Crippen LogP contribution < -0.4 is 23.8 Å². The van der Waals surface area contributed by atoms with Crippen molar-refractivity contribution in [3.63, 3.8) is 0 Å². The Morgan fingerprint density at radius 3 is 2.41 bits per heavy atom. The van der Waals surface area contributed by atoms with Crippen molar-refractivity contribution in [2.75, 3.05) is 37.6 Å². The quantitative estimate of drug-likeness (QED) is 0.330. The van der Waals surface area contributed by atoms with Gasteiger partial charge in [-0.05, 0) is 49.1 Å². The van der Waals surface area contributed by atoms with Crippen molar-refractivity contribution in [1.29, 1.82) is 0 Å². The first-order valence-corrected chi connectivity index (χ1v) is 15.1. The Hall–Kier alpha value is -3.47. The second kappa shape index (κ2) is 14.1. The van der Waals surface area contributed by atoms with Gasteiger partial charge < -0.3 is 24.4 Å². The molecule has 0 saturated heterocycles. The number of amides is 2. The fourth-order valence-corrected chi connectivity index (χ4v) is 5.35. The average molecular weight is 562 g/mol. The first kappa shape index (κ1) is 30.1. The summed E-state index contributed by atoms with van der Waals surface area (Å²) in [5.74, 6) is 1.32. The van der Waals surface area contributed by atoms with Crippen molar-refractivity contribution < 1.29 is 32.2 Å². The van der Waals surface area contributed by atoms with Gasteiger partial charge in [-0.25, -0.2) is 8.42 Å². The first-order valence-electron chi connectivity index (χ1n) is 13.2. The number of fused-ring (bicyclic) bond motifs is 1. The van der Waals surface area contributed by atoms with Crippen LogP contribution in [0.25, 0.3) is 0 Å². The fourth-order valence-electron chi connectivity index (χ4n) is 4.40. The maximum Gasteiger partial charge on any atom is 0.242 e. The number of hydrogen-bond donors (Lipinski definition) is 1. The van der Waals surface area contributed by atoms with Gasteiger partial charge in [0.2, 0.25) is 28.6 Å². The normalized spacial score (nSPS) is 13.0. The summed E-state index contributed by atoms with van der Waals surface area (Å²) in [6.07, 6.45) is 3.73. The van der Waals surface area contributed by atoms with Crippen LogP contribution in [0.1, 0.15) is 51.5 Å². The van der Waals surface area contributed by atoms with Crippen molar-refractivity contribution in [2.45, 2.75) is 58.5 Å². The number of benzene rings is 2. The predicted molar refractivity (Wildman–Crippen MR) is 150 cm³/mol. The van der Waals surface area contributed by atoms with Gasteiger partial charge in [-0.3, -0.25) is 13.9 Å². The van der Waals surface area contributed by atoms with Crippen molar-refractivity contribution in [2.24, 2.45) is 0 Å². The molecule has 0 radical (unpaired) electrons. The molecule has 0 fully saturated rings. The van der Waals surface area contributed by atoms with Gasteiger partial charge in [0, 0.05) is 32.1 Å². The molecule has 0 bridgehead atoms. The number of hydrogen-bond acceptors (Lipinski definition) is 7. The van der Waals surface area contributed by atoms with Crippen molar-refractivity contribution >= 4 is 27.5 Å². The maximum atomic E-state index is 13.5. The van der Waals surface area contributed by atoms with E-state index < -0.39 is 16.1 Å². The molecule has 3 rings (SSSR count). The first-order chi connectivity index (χ1) is 18.7.